The van der Waals surface area contributed by atoms with Crippen LogP contribution in [0.5, 0.6) is 0 Å². The van der Waals surface area contributed by atoms with Gasteiger partial charge in [0.15, 0.2) is 5.65 Å². The Bertz CT molecular complexity index is 438. The average Bonchev–Trinajstić information content (AvgIpc) is 2.46. The van der Waals surface area contributed by atoms with E-state index >= 15 is 0 Å². The van der Waals surface area contributed by atoms with Crippen LogP contribution in [0.1, 0.15) is 18.7 Å². The number of imidazole rings is 1. The highest BCUT2D eigenvalue weighted by molar-refractivity contribution is 6.29. The second-order valence-electron chi connectivity index (χ2n) is 2.80. The number of nitrogens with zero attached hydrogens (tertiary/aromatic N) is 3. The van der Waals surface area contributed by atoms with Gasteiger partial charge in [0.2, 0.25) is 0 Å². The van der Waals surface area contributed by atoms with Gasteiger partial charge in [-0.2, -0.15) is 0 Å². The topological polar surface area (TPSA) is 50.4 Å². The summed E-state index contributed by atoms with van der Waals surface area (Å²) in [5.74, 6) is 0. The Kier molecular flexibility index (Phi) is 1.94. The molecule has 0 aliphatic carbocycles. The summed E-state index contributed by atoms with van der Waals surface area (Å²) in [6.45, 7) is 1.68. The summed E-state index contributed by atoms with van der Waals surface area (Å²) in [5.41, 5.74) is 1.39. The van der Waals surface area contributed by atoms with E-state index in [1.165, 1.54) is 0 Å². The Labute approximate surface area is 79.8 Å². The lowest BCUT2D eigenvalue weighted by Gasteiger charge is -2.03. The molecule has 2 aromatic heterocycles. The molecule has 0 radical (unpaired) electrons. The van der Waals surface area contributed by atoms with E-state index in [9.17, 15) is 5.11 Å². The van der Waals surface area contributed by atoms with Crippen molar-refractivity contribution in [3.8, 4) is 0 Å². The van der Waals surface area contributed by atoms with Crippen molar-refractivity contribution >= 4 is 17.2 Å². The summed E-state index contributed by atoms with van der Waals surface area (Å²) in [6.07, 6.45) is 4.24. The summed E-state index contributed by atoms with van der Waals surface area (Å²) < 4.78 is 1.72. The minimum Gasteiger partial charge on any atom is -0.387 e. The van der Waals surface area contributed by atoms with Crippen LogP contribution < -0.4 is 0 Å². The number of aliphatic hydroxyl groups excluding tert-OH is 1. The van der Waals surface area contributed by atoms with Crippen LogP contribution in [0, 0.1) is 0 Å². The van der Waals surface area contributed by atoms with Gasteiger partial charge < -0.3 is 5.11 Å². The van der Waals surface area contributed by atoms with Crippen LogP contribution in [0.15, 0.2) is 18.6 Å². The first-order chi connectivity index (χ1) is 6.18. The SMILES string of the molecule is CC(O)c1cnc2cnc(Cl)cn12. The zero-order chi connectivity index (χ0) is 9.42. The van der Waals surface area contributed by atoms with Crippen molar-refractivity contribution in [3.63, 3.8) is 0 Å². The first-order valence-corrected chi connectivity index (χ1v) is 4.23. The molecular weight excluding hydrogens is 190 g/mol. The molecule has 0 aromatic carbocycles. The summed E-state index contributed by atoms with van der Waals surface area (Å²) >= 11 is 5.71. The predicted octanol–water partition coefficient (Wildman–Crippen LogP) is 1.44. The highest BCUT2D eigenvalue weighted by Crippen LogP contribution is 2.15. The molecule has 0 amide bonds. The Balaban J connectivity index is 2.71. The second-order valence-corrected chi connectivity index (χ2v) is 3.18. The van der Waals surface area contributed by atoms with Crippen molar-refractivity contribution < 1.29 is 5.11 Å². The second kappa shape index (κ2) is 2.97. The van der Waals surface area contributed by atoms with Gasteiger partial charge >= 0.3 is 0 Å². The highest BCUT2D eigenvalue weighted by atomic mass is 35.5. The number of halogens is 1. The molecule has 0 fully saturated rings. The number of fused-ring (bicyclic) bond motifs is 1. The molecule has 1 unspecified atom stereocenters. The lowest BCUT2D eigenvalue weighted by atomic mass is 10.3. The van der Waals surface area contributed by atoms with E-state index in [1.54, 1.807) is 29.9 Å². The van der Waals surface area contributed by atoms with Crippen molar-refractivity contribution in [2.75, 3.05) is 0 Å². The fourth-order valence-electron chi connectivity index (χ4n) is 1.19. The first-order valence-electron chi connectivity index (χ1n) is 3.85. The maximum Gasteiger partial charge on any atom is 0.155 e. The molecule has 1 N–H and O–H groups in total. The molecule has 0 aliphatic heterocycles. The summed E-state index contributed by atoms with van der Waals surface area (Å²) in [7, 11) is 0. The zero-order valence-corrected chi connectivity index (χ0v) is 7.73. The molecule has 2 aromatic rings. The third-order valence-corrected chi connectivity index (χ3v) is 2.02. The Hall–Kier alpha value is -1.13. The Morgan fingerprint density at radius 1 is 1.46 bits per heavy atom. The molecule has 4 nitrogen and oxygen atoms in total. The van der Waals surface area contributed by atoms with Gasteiger partial charge in [-0.1, -0.05) is 11.6 Å². The number of aromatic nitrogens is 3. The van der Waals surface area contributed by atoms with Crippen molar-refractivity contribution in [3.05, 3.63) is 29.4 Å². The van der Waals surface area contributed by atoms with E-state index < -0.39 is 6.10 Å². The van der Waals surface area contributed by atoms with Crippen LogP contribution in [0.4, 0.5) is 0 Å². The van der Waals surface area contributed by atoms with E-state index in [1.807, 2.05) is 0 Å². The molecule has 2 rings (SSSR count). The van der Waals surface area contributed by atoms with Gasteiger partial charge in [0.25, 0.3) is 0 Å². The van der Waals surface area contributed by atoms with Crippen molar-refractivity contribution in [2.24, 2.45) is 0 Å². The number of aliphatic hydroxyl groups is 1. The van der Waals surface area contributed by atoms with Crippen LogP contribution >= 0.6 is 11.6 Å². The largest absolute Gasteiger partial charge is 0.387 e. The van der Waals surface area contributed by atoms with E-state index in [0.29, 0.717) is 16.5 Å². The molecule has 0 spiro atoms. The van der Waals surface area contributed by atoms with Crippen LogP contribution in [0.25, 0.3) is 5.65 Å². The maximum atomic E-state index is 9.38. The van der Waals surface area contributed by atoms with Gasteiger partial charge in [0.1, 0.15) is 5.15 Å². The molecule has 1 atom stereocenters. The predicted molar refractivity (Wildman–Crippen MR) is 48.6 cm³/mol. The Morgan fingerprint density at radius 3 is 2.92 bits per heavy atom. The number of hydrogen-bond donors (Lipinski definition) is 1. The normalized spacial score (nSPS) is 13.5. The first kappa shape index (κ1) is 8.47. The quantitative estimate of drug-likeness (QED) is 0.753. The number of hydrogen-bond acceptors (Lipinski definition) is 3. The molecule has 13 heavy (non-hydrogen) atoms. The molecule has 2 heterocycles. The van der Waals surface area contributed by atoms with Gasteiger partial charge in [0, 0.05) is 6.20 Å². The minimum atomic E-state index is -0.562. The van der Waals surface area contributed by atoms with Gasteiger partial charge in [-0.05, 0) is 6.92 Å². The molecule has 68 valence electrons. The van der Waals surface area contributed by atoms with E-state index in [0.717, 1.165) is 0 Å². The van der Waals surface area contributed by atoms with Gasteiger partial charge in [0.05, 0.1) is 24.2 Å². The van der Waals surface area contributed by atoms with E-state index in [4.69, 9.17) is 11.6 Å². The molecule has 0 saturated heterocycles. The van der Waals surface area contributed by atoms with Crippen molar-refractivity contribution in [1.82, 2.24) is 14.4 Å². The lowest BCUT2D eigenvalue weighted by molar-refractivity contribution is 0.193. The average molecular weight is 198 g/mol. The van der Waals surface area contributed by atoms with Crippen LogP contribution in [0.2, 0.25) is 5.15 Å². The third kappa shape index (κ3) is 1.38. The fraction of sp³-hybridized carbons (Fsp3) is 0.250. The fourth-order valence-corrected chi connectivity index (χ4v) is 1.34. The molecular formula is C8H8ClN3O. The molecule has 0 aliphatic rings. The number of rotatable bonds is 1. The minimum absolute atomic E-state index is 0.382. The summed E-state index contributed by atoms with van der Waals surface area (Å²) in [5, 5.41) is 9.76. The third-order valence-electron chi connectivity index (χ3n) is 1.82. The van der Waals surface area contributed by atoms with Crippen LogP contribution in [-0.4, -0.2) is 19.5 Å². The standard InChI is InChI=1S/C8H8ClN3O/c1-5(13)6-2-11-8-3-10-7(9)4-12(6)8/h2-5,13H,1H3. The summed E-state index contributed by atoms with van der Waals surface area (Å²) in [6, 6.07) is 0. The van der Waals surface area contributed by atoms with Crippen molar-refractivity contribution in [2.45, 2.75) is 13.0 Å². The maximum absolute atomic E-state index is 9.38. The van der Waals surface area contributed by atoms with E-state index in [2.05, 4.69) is 9.97 Å². The molecule has 5 heteroatoms. The van der Waals surface area contributed by atoms with Gasteiger partial charge in [-0.15, -0.1) is 0 Å². The summed E-state index contributed by atoms with van der Waals surface area (Å²) in [4.78, 5) is 7.94. The Morgan fingerprint density at radius 2 is 2.23 bits per heavy atom. The van der Waals surface area contributed by atoms with Gasteiger partial charge in [-0.3, -0.25) is 4.40 Å². The molecule has 0 saturated carbocycles. The monoisotopic (exact) mass is 197 g/mol. The van der Waals surface area contributed by atoms with Crippen LogP contribution in [-0.2, 0) is 0 Å². The van der Waals surface area contributed by atoms with Crippen LogP contribution in [0.3, 0.4) is 0 Å². The molecule has 0 bridgehead atoms. The lowest BCUT2D eigenvalue weighted by Crippen LogP contribution is -1.97. The smallest absolute Gasteiger partial charge is 0.155 e. The van der Waals surface area contributed by atoms with E-state index in [-0.39, 0.29) is 0 Å². The highest BCUT2D eigenvalue weighted by Gasteiger charge is 2.08. The van der Waals surface area contributed by atoms with Gasteiger partial charge in [-0.25, -0.2) is 9.97 Å². The zero-order valence-electron chi connectivity index (χ0n) is 6.98. The van der Waals surface area contributed by atoms with Crippen molar-refractivity contribution in [1.29, 1.82) is 0 Å².